The molecule has 1 fully saturated rings. The van der Waals surface area contributed by atoms with E-state index >= 15 is 0 Å². The summed E-state index contributed by atoms with van der Waals surface area (Å²) in [4.78, 5) is 10.4. The van der Waals surface area contributed by atoms with Gasteiger partial charge in [0.15, 0.2) is 0 Å². The molecule has 1 aliphatic rings. The number of hydrazine groups is 1. The van der Waals surface area contributed by atoms with Crippen molar-refractivity contribution in [1.29, 1.82) is 0 Å². The summed E-state index contributed by atoms with van der Waals surface area (Å²) in [6.45, 7) is 7.10. The third-order valence-corrected chi connectivity index (χ3v) is 1.70. The van der Waals surface area contributed by atoms with E-state index in [-0.39, 0.29) is 0 Å². The first kappa shape index (κ1) is 8.49. The van der Waals surface area contributed by atoms with Crippen molar-refractivity contribution in [3.63, 3.8) is 0 Å². The second-order valence-electron chi connectivity index (χ2n) is 2.33. The molecule has 1 saturated heterocycles. The molecule has 1 radical (unpaired) electrons. The Morgan fingerprint density at radius 2 is 2.18 bits per heavy atom. The zero-order valence-corrected chi connectivity index (χ0v) is 6.53. The summed E-state index contributed by atoms with van der Waals surface area (Å²) >= 11 is 0. The average Bonchev–Trinajstić information content (AvgIpc) is 2.09. The smallest absolute Gasteiger partial charge is 0.224 e. The highest BCUT2D eigenvalue weighted by atomic mass is 16.5. The number of ether oxygens (including phenoxy) is 1. The van der Waals surface area contributed by atoms with Crippen LogP contribution in [0, 0.1) is 6.92 Å². The van der Waals surface area contributed by atoms with Gasteiger partial charge in [-0.05, 0) is 6.92 Å². The van der Waals surface area contributed by atoms with Gasteiger partial charge in [-0.25, -0.2) is 5.01 Å². The number of rotatable bonds is 3. The van der Waals surface area contributed by atoms with E-state index in [1.165, 1.54) is 0 Å². The Hall–Kier alpha value is -0.610. The molecular formula is C7H13N2O2. The molecule has 1 amide bonds. The molecule has 0 spiro atoms. The molecule has 0 aromatic carbocycles. The van der Waals surface area contributed by atoms with E-state index < -0.39 is 0 Å². The van der Waals surface area contributed by atoms with Crippen LogP contribution in [-0.4, -0.2) is 49.3 Å². The Labute approximate surface area is 66.7 Å². The Morgan fingerprint density at radius 1 is 1.55 bits per heavy atom. The van der Waals surface area contributed by atoms with Gasteiger partial charge in [0.05, 0.1) is 13.2 Å². The summed E-state index contributed by atoms with van der Waals surface area (Å²) < 4.78 is 5.13. The molecule has 0 aromatic rings. The van der Waals surface area contributed by atoms with Crippen LogP contribution in [0.15, 0.2) is 0 Å². The zero-order chi connectivity index (χ0) is 8.10. The molecule has 0 unspecified atom stereocenters. The van der Waals surface area contributed by atoms with Crippen molar-refractivity contribution in [1.82, 2.24) is 10.0 Å². The molecule has 0 aromatic heterocycles. The summed E-state index contributed by atoms with van der Waals surface area (Å²) in [5.41, 5.74) is 0. The lowest BCUT2D eigenvalue weighted by Crippen LogP contribution is -2.48. The van der Waals surface area contributed by atoms with E-state index in [0.717, 1.165) is 19.5 Å². The van der Waals surface area contributed by atoms with Gasteiger partial charge in [-0.2, -0.15) is 0 Å². The molecule has 0 saturated carbocycles. The average molecular weight is 157 g/mol. The lowest BCUT2D eigenvalue weighted by atomic mass is 10.5. The van der Waals surface area contributed by atoms with Crippen LogP contribution in [0.1, 0.15) is 0 Å². The Kier molecular flexibility index (Phi) is 3.32. The lowest BCUT2D eigenvalue weighted by Gasteiger charge is -2.33. The number of carbonyl (C=O) groups excluding carboxylic acids is 1. The quantitative estimate of drug-likeness (QED) is 0.519. The van der Waals surface area contributed by atoms with Crippen LogP contribution < -0.4 is 0 Å². The van der Waals surface area contributed by atoms with E-state index in [0.29, 0.717) is 19.8 Å². The van der Waals surface area contributed by atoms with Crippen LogP contribution in [0.4, 0.5) is 0 Å². The molecule has 1 heterocycles. The molecular weight excluding hydrogens is 144 g/mol. The highest BCUT2D eigenvalue weighted by Crippen LogP contribution is 1.99. The molecule has 0 N–H and O–H groups in total. The number of nitrogens with zero attached hydrogens (tertiary/aromatic N) is 2. The van der Waals surface area contributed by atoms with Crippen molar-refractivity contribution in [3.05, 3.63) is 6.92 Å². The third kappa shape index (κ3) is 2.17. The van der Waals surface area contributed by atoms with Crippen LogP contribution in [-0.2, 0) is 9.53 Å². The minimum absolute atomic E-state index is 0.490. The first-order valence-corrected chi connectivity index (χ1v) is 3.72. The summed E-state index contributed by atoms with van der Waals surface area (Å²) in [7, 11) is 0. The van der Waals surface area contributed by atoms with Crippen molar-refractivity contribution in [2.24, 2.45) is 0 Å². The van der Waals surface area contributed by atoms with Crippen LogP contribution in [0.5, 0.6) is 0 Å². The first-order valence-electron chi connectivity index (χ1n) is 3.72. The minimum atomic E-state index is 0.490. The van der Waals surface area contributed by atoms with Gasteiger partial charge in [0, 0.05) is 19.6 Å². The predicted molar refractivity (Wildman–Crippen MR) is 40.5 cm³/mol. The molecule has 0 aliphatic carbocycles. The van der Waals surface area contributed by atoms with E-state index in [9.17, 15) is 4.79 Å². The second-order valence-corrected chi connectivity index (χ2v) is 2.33. The van der Waals surface area contributed by atoms with Gasteiger partial charge < -0.3 is 4.74 Å². The van der Waals surface area contributed by atoms with Gasteiger partial charge in [-0.15, -0.1) is 0 Å². The molecule has 0 atom stereocenters. The maximum atomic E-state index is 10.4. The summed E-state index contributed by atoms with van der Waals surface area (Å²) in [5, 5.41) is 3.52. The fourth-order valence-electron chi connectivity index (χ4n) is 1.07. The third-order valence-electron chi connectivity index (χ3n) is 1.70. The van der Waals surface area contributed by atoms with Gasteiger partial charge in [0.1, 0.15) is 0 Å². The van der Waals surface area contributed by atoms with E-state index in [2.05, 4.69) is 6.92 Å². The highest BCUT2D eigenvalue weighted by molar-refractivity contribution is 5.46. The van der Waals surface area contributed by atoms with Crippen molar-refractivity contribution >= 4 is 6.41 Å². The van der Waals surface area contributed by atoms with E-state index in [4.69, 9.17) is 4.74 Å². The fraction of sp³-hybridized carbons (Fsp3) is 0.714. The number of hydrogen-bond acceptors (Lipinski definition) is 3. The molecule has 1 rings (SSSR count). The maximum absolute atomic E-state index is 10.4. The zero-order valence-electron chi connectivity index (χ0n) is 6.53. The van der Waals surface area contributed by atoms with Crippen LogP contribution >= 0.6 is 0 Å². The number of amides is 1. The van der Waals surface area contributed by atoms with Gasteiger partial charge in [-0.1, -0.05) is 0 Å². The molecule has 4 nitrogen and oxygen atoms in total. The monoisotopic (exact) mass is 157 g/mol. The predicted octanol–water partition coefficient (Wildman–Crippen LogP) is -0.474. The number of hydrogen-bond donors (Lipinski definition) is 0. The molecule has 63 valence electrons. The first-order chi connectivity index (χ1) is 5.38. The molecule has 11 heavy (non-hydrogen) atoms. The van der Waals surface area contributed by atoms with Gasteiger partial charge in [0.2, 0.25) is 6.41 Å². The van der Waals surface area contributed by atoms with Crippen LogP contribution in [0.3, 0.4) is 0 Å². The van der Waals surface area contributed by atoms with E-state index in [1.807, 2.05) is 5.01 Å². The van der Waals surface area contributed by atoms with Crippen molar-refractivity contribution in [2.75, 3.05) is 32.8 Å². The lowest BCUT2D eigenvalue weighted by molar-refractivity contribution is -0.141. The Balaban J connectivity index is 2.35. The Morgan fingerprint density at radius 3 is 2.64 bits per heavy atom. The minimum Gasteiger partial charge on any atom is -0.379 e. The second kappa shape index (κ2) is 4.31. The highest BCUT2D eigenvalue weighted by Gasteiger charge is 2.14. The Bertz CT molecular complexity index is 124. The summed E-state index contributed by atoms with van der Waals surface area (Å²) in [6.07, 6.45) is 0.804. The van der Waals surface area contributed by atoms with Gasteiger partial charge in [0.25, 0.3) is 0 Å². The van der Waals surface area contributed by atoms with Crippen LogP contribution in [0.25, 0.3) is 0 Å². The maximum Gasteiger partial charge on any atom is 0.224 e. The van der Waals surface area contributed by atoms with Gasteiger partial charge in [-0.3, -0.25) is 9.80 Å². The normalized spacial score (nSPS) is 19.7. The summed E-state index contributed by atoms with van der Waals surface area (Å²) in [5.74, 6) is 0. The largest absolute Gasteiger partial charge is 0.379 e. The fourth-order valence-corrected chi connectivity index (χ4v) is 1.07. The van der Waals surface area contributed by atoms with Crippen molar-refractivity contribution < 1.29 is 9.53 Å². The standard InChI is InChI=1S/C7H13N2O2/c1-2-8(7-10)9-3-5-11-6-4-9/h7H,1-6H2. The molecule has 1 aliphatic heterocycles. The SMILES string of the molecule is [CH2]CN(C=O)N1CCOCC1. The van der Waals surface area contributed by atoms with Crippen LogP contribution in [0.2, 0.25) is 0 Å². The number of carbonyl (C=O) groups is 1. The van der Waals surface area contributed by atoms with Crippen molar-refractivity contribution in [3.8, 4) is 0 Å². The van der Waals surface area contributed by atoms with Crippen molar-refractivity contribution in [2.45, 2.75) is 0 Å². The van der Waals surface area contributed by atoms with Gasteiger partial charge >= 0.3 is 0 Å². The summed E-state index contributed by atoms with van der Waals surface area (Å²) in [6, 6.07) is 0. The molecule has 0 bridgehead atoms. The molecule has 4 heteroatoms. The van der Waals surface area contributed by atoms with E-state index in [1.54, 1.807) is 5.01 Å². The number of morpholine rings is 1. The topological polar surface area (TPSA) is 32.8 Å².